The van der Waals surface area contributed by atoms with Gasteiger partial charge in [0.25, 0.3) is 0 Å². The lowest BCUT2D eigenvalue weighted by molar-refractivity contribution is -0.121. The van der Waals surface area contributed by atoms with Crippen LogP contribution in [-0.2, 0) is 4.79 Å². The van der Waals surface area contributed by atoms with E-state index in [1.54, 1.807) is 0 Å². The molecule has 0 saturated heterocycles. The molecule has 0 fully saturated rings. The fraction of sp³-hybridized carbons (Fsp3) is 0.500. The van der Waals surface area contributed by atoms with Crippen LogP contribution < -0.4 is 10.6 Å². The summed E-state index contributed by atoms with van der Waals surface area (Å²) in [4.78, 5) is 11.1. The van der Waals surface area contributed by atoms with Crippen molar-refractivity contribution >= 4 is 5.91 Å². The molecule has 1 heterocycles. The summed E-state index contributed by atoms with van der Waals surface area (Å²) < 4.78 is 0. The molecule has 0 bridgehead atoms. The lowest BCUT2D eigenvalue weighted by atomic mass is 10.2. The number of allylic oxidation sites excluding steroid dienone is 2. The maximum Gasteiger partial charge on any atom is 0.220 e. The first-order chi connectivity index (χ1) is 6.33. The van der Waals surface area contributed by atoms with Crippen LogP contribution in [0.1, 0.15) is 19.8 Å². The van der Waals surface area contributed by atoms with Crippen molar-refractivity contribution in [2.75, 3.05) is 6.54 Å². The molecule has 0 aliphatic carbocycles. The Hall–Kier alpha value is -1.25. The first-order valence-electron chi connectivity index (χ1n) is 4.69. The maximum atomic E-state index is 11.1. The Labute approximate surface area is 78.9 Å². The highest BCUT2D eigenvalue weighted by Crippen LogP contribution is 1.93. The van der Waals surface area contributed by atoms with Gasteiger partial charge >= 0.3 is 0 Å². The smallest absolute Gasteiger partial charge is 0.220 e. The van der Waals surface area contributed by atoms with Gasteiger partial charge in [-0.2, -0.15) is 0 Å². The van der Waals surface area contributed by atoms with E-state index in [0.717, 1.165) is 6.42 Å². The van der Waals surface area contributed by atoms with Crippen LogP contribution in [0.4, 0.5) is 0 Å². The molecule has 0 aromatic carbocycles. The summed E-state index contributed by atoms with van der Waals surface area (Å²) in [6.45, 7) is 2.67. The van der Waals surface area contributed by atoms with E-state index in [1.807, 2.05) is 31.4 Å². The Kier molecular flexibility index (Phi) is 4.09. The number of nitrogens with one attached hydrogen (secondary N) is 2. The predicted octanol–water partition coefficient (Wildman–Crippen LogP) is 0.944. The van der Waals surface area contributed by atoms with Gasteiger partial charge in [0.1, 0.15) is 0 Å². The number of hydrogen-bond acceptors (Lipinski definition) is 2. The van der Waals surface area contributed by atoms with E-state index < -0.39 is 0 Å². The van der Waals surface area contributed by atoms with Crippen LogP contribution in [-0.4, -0.2) is 18.5 Å². The molecule has 1 unspecified atom stereocenters. The number of dihydropyridines is 1. The molecule has 72 valence electrons. The third-order valence-corrected chi connectivity index (χ3v) is 1.86. The van der Waals surface area contributed by atoms with Crippen molar-refractivity contribution in [2.24, 2.45) is 0 Å². The Morgan fingerprint density at radius 1 is 1.54 bits per heavy atom. The minimum atomic E-state index is 0.132. The van der Waals surface area contributed by atoms with E-state index in [2.05, 4.69) is 10.6 Å². The van der Waals surface area contributed by atoms with Crippen LogP contribution in [0.5, 0.6) is 0 Å². The van der Waals surface area contributed by atoms with Crippen LogP contribution in [0.15, 0.2) is 24.4 Å². The molecule has 1 rings (SSSR count). The van der Waals surface area contributed by atoms with Gasteiger partial charge in [-0.1, -0.05) is 19.1 Å². The van der Waals surface area contributed by atoms with Gasteiger partial charge in [-0.05, 0) is 18.7 Å². The summed E-state index contributed by atoms with van der Waals surface area (Å²) in [5.41, 5.74) is 0. The molecule has 0 aromatic heterocycles. The van der Waals surface area contributed by atoms with Crippen LogP contribution in [0.25, 0.3) is 0 Å². The Balaban J connectivity index is 2.15. The van der Waals surface area contributed by atoms with Crippen molar-refractivity contribution in [3.05, 3.63) is 24.4 Å². The maximum absolute atomic E-state index is 11.1. The quantitative estimate of drug-likeness (QED) is 0.676. The zero-order valence-corrected chi connectivity index (χ0v) is 7.92. The van der Waals surface area contributed by atoms with Crippen molar-refractivity contribution in [3.8, 4) is 0 Å². The van der Waals surface area contributed by atoms with Crippen LogP contribution in [0, 0.1) is 0 Å². The summed E-state index contributed by atoms with van der Waals surface area (Å²) in [5, 5.41) is 6.00. The fourth-order valence-corrected chi connectivity index (χ4v) is 1.15. The average molecular weight is 180 g/mol. The molecule has 3 heteroatoms. The van der Waals surface area contributed by atoms with E-state index in [4.69, 9.17) is 0 Å². The molecule has 1 atom stereocenters. The minimum absolute atomic E-state index is 0.132. The van der Waals surface area contributed by atoms with Crippen molar-refractivity contribution in [1.29, 1.82) is 0 Å². The number of rotatable bonds is 4. The molecule has 0 radical (unpaired) electrons. The summed E-state index contributed by atoms with van der Waals surface area (Å²) in [7, 11) is 0. The highest BCUT2D eigenvalue weighted by molar-refractivity contribution is 5.75. The van der Waals surface area contributed by atoms with Gasteiger partial charge in [-0.15, -0.1) is 0 Å². The zero-order valence-electron chi connectivity index (χ0n) is 7.92. The summed E-state index contributed by atoms with van der Waals surface area (Å²) in [6.07, 6.45) is 9.35. The van der Waals surface area contributed by atoms with Crippen molar-refractivity contribution in [1.82, 2.24) is 10.6 Å². The highest BCUT2D eigenvalue weighted by Gasteiger charge is 2.05. The molecule has 2 N–H and O–H groups in total. The minimum Gasteiger partial charge on any atom is -0.383 e. The summed E-state index contributed by atoms with van der Waals surface area (Å²) in [5.74, 6) is 0.132. The van der Waals surface area contributed by atoms with Crippen molar-refractivity contribution in [3.63, 3.8) is 0 Å². The lowest BCUT2D eigenvalue weighted by Gasteiger charge is -2.15. The molecular formula is C10H16N2O. The standard InChI is InChI=1S/C10H16N2O/c1-2-5-10(13)12-8-9-6-3-4-7-11-9/h3-4,6-7,9,11H,2,5,8H2,1H3,(H,12,13). The van der Waals surface area contributed by atoms with Gasteiger partial charge in [0.2, 0.25) is 5.91 Å². The third-order valence-electron chi connectivity index (χ3n) is 1.86. The third kappa shape index (κ3) is 3.78. The second-order valence-electron chi connectivity index (χ2n) is 3.07. The molecule has 1 aliphatic heterocycles. The first-order valence-corrected chi connectivity index (χ1v) is 4.69. The Bertz CT molecular complexity index is 221. The average Bonchev–Trinajstić information content (AvgIpc) is 2.17. The largest absolute Gasteiger partial charge is 0.383 e. The van der Waals surface area contributed by atoms with E-state index in [0.29, 0.717) is 13.0 Å². The summed E-state index contributed by atoms with van der Waals surface area (Å²) in [6, 6.07) is 0.241. The van der Waals surface area contributed by atoms with E-state index in [9.17, 15) is 4.79 Å². The molecule has 0 saturated carbocycles. The highest BCUT2D eigenvalue weighted by atomic mass is 16.1. The van der Waals surface area contributed by atoms with Crippen molar-refractivity contribution in [2.45, 2.75) is 25.8 Å². The topological polar surface area (TPSA) is 41.1 Å². The second-order valence-corrected chi connectivity index (χ2v) is 3.07. The van der Waals surface area contributed by atoms with Gasteiger partial charge in [0.15, 0.2) is 0 Å². The lowest BCUT2D eigenvalue weighted by Crippen LogP contribution is -2.38. The number of hydrogen-bond donors (Lipinski definition) is 2. The fourth-order valence-electron chi connectivity index (χ4n) is 1.15. The molecule has 3 nitrogen and oxygen atoms in total. The van der Waals surface area contributed by atoms with Gasteiger partial charge < -0.3 is 10.6 Å². The normalized spacial score (nSPS) is 19.6. The monoisotopic (exact) mass is 180 g/mol. The molecule has 1 aliphatic rings. The van der Waals surface area contributed by atoms with Crippen LogP contribution in [0.2, 0.25) is 0 Å². The van der Waals surface area contributed by atoms with Gasteiger partial charge in [0, 0.05) is 13.0 Å². The van der Waals surface area contributed by atoms with E-state index in [-0.39, 0.29) is 11.9 Å². The Morgan fingerprint density at radius 2 is 2.38 bits per heavy atom. The molecule has 0 aromatic rings. The predicted molar refractivity (Wildman–Crippen MR) is 53.1 cm³/mol. The van der Waals surface area contributed by atoms with Crippen LogP contribution in [0.3, 0.4) is 0 Å². The second kappa shape index (κ2) is 5.41. The van der Waals surface area contributed by atoms with Crippen molar-refractivity contribution < 1.29 is 4.79 Å². The number of amides is 1. The van der Waals surface area contributed by atoms with E-state index >= 15 is 0 Å². The number of carbonyl (C=O) groups is 1. The van der Waals surface area contributed by atoms with Crippen LogP contribution >= 0.6 is 0 Å². The molecular weight excluding hydrogens is 164 g/mol. The van der Waals surface area contributed by atoms with Gasteiger partial charge in [-0.3, -0.25) is 4.79 Å². The molecule has 13 heavy (non-hydrogen) atoms. The van der Waals surface area contributed by atoms with Gasteiger partial charge in [-0.25, -0.2) is 0 Å². The Morgan fingerprint density at radius 3 is 3.00 bits per heavy atom. The summed E-state index contributed by atoms with van der Waals surface area (Å²) >= 11 is 0. The number of carbonyl (C=O) groups excluding carboxylic acids is 1. The zero-order chi connectivity index (χ0) is 9.52. The van der Waals surface area contributed by atoms with E-state index in [1.165, 1.54) is 0 Å². The molecule has 1 amide bonds. The SMILES string of the molecule is CCCC(=O)NCC1C=CC=CN1. The molecule has 0 spiro atoms. The van der Waals surface area contributed by atoms with Gasteiger partial charge in [0.05, 0.1) is 6.04 Å². The first kappa shape index (κ1) is 9.84.